The highest BCUT2D eigenvalue weighted by atomic mass is 19.4. The fourth-order valence-corrected chi connectivity index (χ4v) is 1.07. The monoisotopic (exact) mass is 250 g/mol. The van der Waals surface area contributed by atoms with E-state index >= 15 is 0 Å². The molecule has 0 aromatic carbocycles. The number of nitrogens with one attached hydrogen (secondary N) is 1. The molecule has 0 unspecified atom stereocenters. The van der Waals surface area contributed by atoms with Crippen LogP contribution in [0.3, 0.4) is 0 Å². The van der Waals surface area contributed by atoms with Crippen molar-refractivity contribution in [3.63, 3.8) is 0 Å². The molecule has 0 aliphatic carbocycles. The topological polar surface area (TPSA) is 43.4 Å². The molecule has 0 saturated heterocycles. The van der Waals surface area contributed by atoms with Crippen molar-refractivity contribution in [2.75, 3.05) is 32.2 Å². The number of nitrogens with zero attached hydrogens (tertiary/aromatic N) is 1. The van der Waals surface area contributed by atoms with Crippen LogP contribution in [-0.2, 0) is 4.74 Å². The van der Waals surface area contributed by atoms with Crippen molar-refractivity contribution in [1.82, 2.24) is 4.98 Å². The van der Waals surface area contributed by atoms with E-state index in [0.717, 1.165) is 0 Å². The zero-order chi connectivity index (χ0) is 12.7. The number of halogens is 3. The quantitative estimate of drug-likeness (QED) is 0.785. The van der Waals surface area contributed by atoms with E-state index in [2.05, 4.69) is 15.0 Å². The molecule has 0 aliphatic heterocycles. The van der Waals surface area contributed by atoms with Gasteiger partial charge >= 0.3 is 6.18 Å². The molecular weight excluding hydrogens is 237 g/mol. The van der Waals surface area contributed by atoms with Crippen LogP contribution in [0.5, 0.6) is 5.88 Å². The van der Waals surface area contributed by atoms with E-state index in [1.807, 2.05) is 0 Å². The molecule has 1 N–H and O–H groups in total. The molecule has 0 fully saturated rings. The molecule has 0 saturated carbocycles. The summed E-state index contributed by atoms with van der Waals surface area (Å²) in [5.74, 6) is 0.964. The van der Waals surface area contributed by atoms with Gasteiger partial charge < -0.3 is 14.8 Å². The van der Waals surface area contributed by atoms with Crippen molar-refractivity contribution >= 4 is 5.82 Å². The van der Waals surface area contributed by atoms with Crippen LogP contribution in [0, 0.1) is 0 Å². The van der Waals surface area contributed by atoms with Gasteiger partial charge in [0.2, 0.25) is 5.88 Å². The molecule has 1 aromatic rings. The van der Waals surface area contributed by atoms with E-state index in [1.165, 1.54) is 7.11 Å². The van der Waals surface area contributed by atoms with E-state index in [-0.39, 0.29) is 13.2 Å². The van der Waals surface area contributed by atoms with E-state index in [9.17, 15) is 13.2 Å². The van der Waals surface area contributed by atoms with Gasteiger partial charge in [-0.15, -0.1) is 0 Å². The fourth-order valence-electron chi connectivity index (χ4n) is 1.07. The Balaban J connectivity index is 2.22. The summed E-state index contributed by atoms with van der Waals surface area (Å²) in [7, 11) is 1.48. The number of hydrogen-bond donors (Lipinski definition) is 1. The molecule has 0 radical (unpaired) electrons. The van der Waals surface area contributed by atoms with Gasteiger partial charge in [-0.05, 0) is 6.07 Å². The van der Waals surface area contributed by atoms with Crippen molar-refractivity contribution in [2.24, 2.45) is 0 Å². The summed E-state index contributed by atoms with van der Waals surface area (Å²) in [5.41, 5.74) is 0. The van der Waals surface area contributed by atoms with Gasteiger partial charge in [0.25, 0.3) is 0 Å². The van der Waals surface area contributed by atoms with Gasteiger partial charge in [-0.1, -0.05) is 6.07 Å². The average molecular weight is 250 g/mol. The summed E-state index contributed by atoms with van der Waals surface area (Å²) in [6, 6.07) is 5.09. The summed E-state index contributed by atoms with van der Waals surface area (Å²) in [6.45, 7) is -1.03. The molecule has 4 nitrogen and oxygen atoms in total. The van der Waals surface area contributed by atoms with Crippen LogP contribution in [0.25, 0.3) is 0 Å². The molecule has 96 valence electrons. The smallest absolute Gasteiger partial charge is 0.411 e. The maximum atomic E-state index is 11.7. The van der Waals surface area contributed by atoms with Crippen LogP contribution in [0.2, 0.25) is 0 Å². The molecule has 0 spiro atoms. The first-order valence-electron chi connectivity index (χ1n) is 4.91. The third-order valence-electron chi connectivity index (χ3n) is 1.75. The van der Waals surface area contributed by atoms with E-state index in [1.54, 1.807) is 18.2 Å². The molecule has 1 rings (SSSR count). The lowest BCUT2D eigenvalue weighted by molar-refractivity contribution is -0.172. The summed E-state index contributed by atoms with van der Waals surface area (Å²) < 4.78 is 44.5. The van der Waals surface area contributed by atoms with Crippen molar-refractivity contribution in [3.8, 4) is 5.88 Å². The lowest BCUT2D eigenvalue weighted by atomic mass is 10.4. The standard InChI is InChI=1S/C10H13F3N2O2/c1-16-9-4-2-3-8(15-9)14-5-6-17-7-10(11,12)13/h2-4H,5-7H2,1H3,(H,14,15). The SMILES string of the molecule is COc1cccc(NCCOCC(F)(F)F)n1. The minimum absolute atomic E-state index is 0.0433. The first-order chi connectivity index (χ1) is 8.01. The van der Waals surface area contributed by atoms with E-state index in [0.29, 0.717) is 11.7 Å². The van der Waals surface area contributed by atoms with Crippen molar-refractivity contribution in [3.05, 3.63) is 18.2 Å². The molecular formula is C10H13F3N2O2. The number of aromatic nitrogens is 1. The first kappa shape index (κ1) is 13.6. The first-order valence-corrected chi connectivity index (χ1v) is 4.91. The Morgan fingerprint density at radius 1 is 1.35 bits per heavy atom. The number of alkyl halides is 3. The van der Waals surface area contributed by atoms with Gasteiger partial charge in [0, 0.05) is 12.6 Å². The fraction of sp³-hybridized carbons (Fsp3) is 0.500. The molecule has 0 bridgehead atoms. The van der Waals surface area contributed by atoms with Gasteiger partial charge in [-0.3, -0.25) is 0 Å². The Kier molecular flexibility index (Phi) is 5.02. The van der Waals surface area contributed by atoms with Gasteiger partial charge in [0.05, 0.1) is 13.7 Å². The summed E-state index contributed by atoms with van der Waals surface area (Å²) in [6.07, 6.45) is -4.28. The van der Waals surface area contributed by atoms with Crippen LogP contribution < -0.4 is 10.1 Å². The number of ether oxygens (including phenoxy) is 2. The second-order valence-corrected chi connectivity index (χ2v) is 3.16. The second kappa shape index (κ2) is 6.29. The normalized spacial score (nSPS) is 11.3. The molecule has 1 heterocycles. The lowest BCUT2D eigenvalue weighted by Gasteiger charge is -2.09. The van der Waals surface area contributed by atoms with Crippen molar-refractivity contribution < 1.29 is 22.6 Å². The third kappa shape index (κ3) is 5.96. The van der Waals surface area contributed by atoms with Crippen LogP contribution >= 0.6 is 0 Å². The number of anilines is 1. The van der Waals surface area contributed by atoms with Crippen LogP contribution in [0.1, 0.15) is 0 Å². The average Bonchev–Trinajstić information content (AvgIpc) is 2.27. The lowest BCUT2D eigenvalue weighted by Crippen LogP contribution is -2.20. The Morgan fingerprint density at radius 3 is 2.76 bits per heavy atom. The van der Waals surface area contributed by atoms with Crippen LogP contribution in [0.4, 0.5) is 19.0 Å². The molecule has 0 amide bonds. The van der Waals surface area contributed by atoms with E-state index in [4.69, 9.17) is 4.74 Å². The maximum Gasteiger partial charge on any atom is 0.411 e. The highest BCUT2D eigenvalue weighted by Crippen LogP contribution is 2.14. The molecule has 7 heteroatoms. The second-order valence-electron chi connectivity index (χ2n) is 3.16. The number of rotatable bonds is 6. The van der Waals surface area contributed by atoms with Gasteiger partial charge in [0.1, 0.15) is 12.4 Å². The highest BCUT2D eigenvalue weighted by Gasteiger charge is 2.27. The Labute approximate surface area is 96.7 Å². The van der Waals surface area contributed by atoms with Crippen molar-refractivity contribution in [1.29, 1.82) is 0 Å². The Bertz CT molecular complexity index is 345. The minimum atomic E-state index is -4.28. The summed E-state index contributed by atoms with van der Waals surface area (Å²) in [5, 5.41) is 2.82. The predicted molar refractivity (Wildman–Crippen MR) is 56.2 cm³/mol. The summed E-state index contributed by atoms with van der Waals surface area (Å²) in [4.78, 5) is 4.03. The molecule has 17 heavy (non-hydrogen) atoms. The van der Waals surface area contributed by atoms with Crippen molar-refractivity contribution in [2.45, 2.75) is 6.18 Å². The third-order valence-corrected chi connectivity index (χ3v) is 1.75. The van der Waals surface area contributed by atoms with Gasteiger partial charge in [0.15, 0.2) is 0 Å². The minimum Gasteiger partial charge on any atom is -0.481 e. The van der Waals surface area contributed by atoms with Gasteiger partial charge in [-0.25, -0.2) is 0 Å². The Morgan fingerprint density at radius 2 is 2.12 bits per heavy atom. The zero-order valence-corrected chi connectivity index (χ0v) is 9.25. The zero-order valence-electron chi connectivity index (χ0n) is 9.25. The van der Waals surface area contributed by atoms with Crippen LogP contribution in [-0.4, -0.2) is 38.0 Å². The predicted octanol–water partition coefficient (Wildman–Crippen LogP) is 2.08. The molecule has 1 aromatic heterocycles. The summed E-state index contributed by atoms with van der Waals surface area (Å²) >= 11 is 0. The maximum absolute atomic E-state index is 11.7. The largest absolute Gasteiger partial charge is 0.481 e. The van der Waals surface area contributed by atoms with Crippen LogP contribution in [0.15, 0.2) is 18.2 Å². The number of methoxy groups -OCH3 is 1. The molecule has 0 atom stereocenters. The number of hydrogen-bond acceptors (Lipinski definition) is 4. The van der Waals surface area contributed by atoms with E-state index < -0.39 is 12.8 Å². The molecule has 0 aliphatic rings. The Hall–Kier alpha value is -1.50. The van der Waals surface area contributed by atoms with Gasteiger partial charge in [-0.2, -0.15) is 18.2 Å². The highest BCUT2D eigenvalue weighted by molar-refractivity contribution is 5.36. The number of pyridine rings is 1.